The molecule has 1 aromatic carbocycles. The number of aromatic nitrogens is 4. The predicted molar refractivity (Wildman–Crippen MR) is 108 cm³/mol. The van der Waals surface area contributed by atoms with E-state index in [1.54, 1.807) is 0 Å². The van der Waals surface area contributed by atoms with Crippen molar-refractivity contribution in [2.75, 3.05) is 19.3 Å². The third kappa shape index (κ3) is 4.22. The number of halogens is 2. The standard InChI is InChI=1S/C16H15BrFN5O5S2/c1-30(25,26)22-6-2-3-10(8-22)29-15-13(19-28-21-15)14-20-27-16(24)23(14)9-4-5-12(18)11(17)7-9/h4-5,7,10H,2-3,6,8H2,1H3. The summed E-state index contributed by atoms with van der Waals surface area (Å²) in [5.74, 6) is -1.24. The number of sulfonamides is 1. The Bertz CT molecular complexity index is 1240. The van der Waals surface area contributed by atoms with Crippen LogP contribution in [0.2, 0.25) is 0 Å². The van der Waals surface area contributed by atoms with Gasteiger partial charge in [-0.25, -0.2) is 31.1 Å². The molecule has 1 saturated heterocycles. The van der Waals surface area contributed by atoms with Crippen molar-refractivity contribution in [2.45, 2.75) is 23.1 Å². The number of thioether (sulfide) groups is 1. The lowest BCUT2D eigenvalue weighted by atomic mass is 10.2. The zero-order valence-corrected chi connectivity index (χ0v) is 18.7. The summed E-state index contributed by atoms with van der Waals surface area (Å²) in [4.78, 5) is 12.3. The van der Waals surface area contributed by atoms with Crippen LogP contribution in [-0.2, 0) is 10.0 Å². The third-order valence-electron chi connectivity index (χ3n) is 4.52. The molecule has 10 nitrogen and oxygen atoms in total. The van der Waals surface area contributed by atoms with E-state index in [0.29, 0.717) is 30.2 Å². The molecular formula is C16H15BrFN5O5S2. The summed E-state index contributed by atoms with van der Waals surface area (Å²) >= 11 is 4.38. The van der Waals surface area contributed by atoms with Gasteiger partial charge in [-0.1, -0.05) is 16.9 Å². The van der Waals surface area contributed by atoms with E-state index in [1.165, 1.54) is 40.5 Å². The topological polar surface area (TPSA) is 124 Å². The van der Waals surface area contributed by atoms with Gasteiger partial charge in [0.2, 0.25) is 15.8 Å². The molecule has 30 heavy (non-hydrogen) atoms. The van der Waals surface area contributed by atoms with Crippen LogP contribution in [0.3, 0.4) is 0 Å². The first-order chi connectivity index (χ1) is 14.2. The molecule has 0 N–H and O–H groups in total. The highest BCUT2D eigenvalue weighted by molar-refractivity contribution is 9.10. The summed E-state index contributed by atoms with van der Waals surface area (Å²) in [5.41, 5.74) is 0.479. The summed E-state index contributed by atoms with van der Waals surface area (Å²) in [6, 6.07) is 4.00. The van der Waals surface area contributed by atoms with Gasteiger partial charge in [-0.2, -0.15) is 0 Å². The van der Waals surface area contributed by atoms with Crippen molar-refractivity contribution in [1.29, 1.82) is 0 Å². The zero-order chi connectivity index (χ0) is 21.5. The van der Waals surface area contributed by atoms with Gasteiger partial charge in [-0.3, -0.25) is 4.52 Å². The Kier molecular flexibility index (Phi) is 5.83. The van der Waals surface area contributed by atoms with Gasteiger partial charge >= 0.3 is 5.76 Å². The first-order valence-corrected chi connectivity index (χ1v) is 12.2. The van der Waals surface area contributed by atoms with Crippen molar-refractivity contribution in [1.82, 2.24) is 24.3 Å². The lowest BCUT2D eigenvalue weighted by molar-refractivity contribution is 0.299. The number of piperidine rings is 1. The molecule has 1 aliphatic heterocycles. The molecule has 0 spiro atoms. The molecule has 1 fully saturated rings. The molecule has 3 heterocycles. The molecule has 1 unspecified atom stereocenters. The molecule has 2 aromatic heterocycles. The zero-order valence-electron chi connectivity index (χ0n) is 15.5. The van der Waals surface area contributed by atoms with Gasteiger partial charge in [0.25, 0.3) is 0 Å². The second-order valence-electron chi connectivity index (χ2n) is 6.63. The molecule has 3 aromatic rings. The van der Waals surface area contributed by atoms with Gasteiger partial charge in [0.05, 0.1) is 16.4 Å². The fourth-order valence-corrected chi connectivity index (χ4v) is 5.65. The van der Waals surface area contributed by atoms with E-state index in [4.69, 9.17) is 9.15 Å². The van der Waals surface area contributed by atoms with Crippen molar-refractivity contribution < 1.29 is 22.0 Å². The maximum Gasteiger partial charge on any atom is 0.446 e. The van der Waals surface area contributed by atoms with Crippen LogP contribution in [0, 0.1) is 5.82 Å². The molecule has 0 amide bonds. The minimum atomic E-state index is -3.29. The molecule has 1 aliphatic rings. The minimum Gasteiger partial charge on any atom is -0.295 e. The van der Waals surface area contributed by atoms with E-state index in [0.717, 1.165) is 11.0 Å². The summed E-state index contributed by atoms with van der Waals surface area (Å²) in [6.45, 7) is 0.800. The Morgan fingerprint density at radius 1 is 1.30 bits per heavy atom. The van der Waals surface area contributed by atoms with Gasteiger partial charge in [0.1, 0.15) is 5.82 Å². The van der Waals surface area contributed by atoms with Crippen LogP contribution in [0.15, 0.2) is 41.6 Å². The molecule has 0 aliphatic carbocycles. The molecular weight excluding hydrogens is 505 g/mol. The van der Waals surface area contributed by atoms with E-state index < -0.39 is 21.6 Å². The van der Waals surface area contributed by atoms with Gasteiger partial charge in [0.15, 0.2) is 10.7 Å². The van der Waals surface area contributed by atoms with Crippen molar-refractivity contribution in [3.8, 4) is 17.2 Å². The summed E-state index contributed by atoms with van der Waals surface area (Å²) < 4.78 is 49.7. The SMILES string of the molecule is CS(=O)(=O)N1CCCC(Sc2nonc2-c2noc(=O)n2-c2ccc(F)c(Br)c2)C1. The largest absolute Gasteiger partial charge is 0.446 e. The smallest absolute Gasteiger partial charge is 0.295 e. The van der Waals surface area contributed by atoms with Crippen LogP contribution in [0.25, 0.3) is 17.2 Å². The molecule has 4 rings (SSSR count). The van der Waals surface area contributed by atoms with Crippen LogP contribution in [0.4, 0.5) is 4.39 Å². The van der Waals surface area contributed by atoms with Crippen LogP contribution in [0.5, 0.6) is 0 Å². The first-order valence-electron chi connectivity index (χ1n) is 8.73. The Balaban J connectivity index is 1.66. The highest BCUT2D eigenvalue weighted by Gasteiger charge is 2.30. The number of nitrogens with zero attached hydrogens (tertiary/aromatic N) is 5. The van der Waals surface area contributed by atoms with Crippen molar-refractivity contribution >= 4 is 37.7 Å². The van der Waals surface area contributed by atoms with Crippen LogP contribution < -0.4 is 5.76 Å². The minimum absolute atomic E-state index is 0.0398. The summed E-state index contributed by atoms with van der Waals surface area (Å²) in [6.07, 6.45) is 2.67. The Hall–Kier alpha value is -2.03. The third-order valence-corrected chi connectivity index (χ3v) is 7.61. The average molecular weight is 520 g/mol. The number of hydrogen-bond acceptors (Lipinski definition) is 9. The lowest BCUT2D eigenvalue weighted by Gasteiger charge is -2.29. The van der Waals surface area contributed by atoms with Gasteiger partial charge in [-0.15, -0.1) is 0 Å². The number of rotatable bonds is 5. The van der Waals surface area contributed by atoms with E-state index >= 15 is 0 Å². The first kappa shape index (κ1) is 21.2. The van der Waals surface area contributed by atoms with E-state index in [-0.39, 0.29) is 21.2 Å². The maximum absolute atomic E-state index is 13.6. The average Bonchev–Trinajstić information content (AvgIpc) is 3.30. The van der Waals surface area contributed by atoms with Crippen LogP contribution >= 0.6 is 27.7 Å². The van der Waals surface area contributed by atoms with Crippen molar-refractivity contribution in [2.24, 2.45) is 0 Å². The highest BCUT2D eigenvalue weighted by atomic mass is 79.9. The Labute approximate surface area is 182 Å². The number of benzene rings is 1. The molecule has 1 atom stereocenters. The van der Waals surface area contributed by atoms with Gasteiger partial charge in [-0.05, 0) is 57.3 Å². The Morgan fingerprint density at radius 3 is 2.83 bits per heavy atom. The predicted octanol–water partition coefficient (Wildman–Crippen LogP) is 2.29. The van der Waals surface area contributed by atoms with Crippen LogP contribution in [-0.4, -0.2) is 57.4 Å². The second-order valence-corrected chi connectivity index (χ2v) is 10.8. The fraction of sp³-hybridized carbons (Fsp3) is 0.375. The van der Waals surface area contributed by atoms with E-state index in [1.807, 2.05) is 0 Å². The lowest BCUT2D eigenvalue weighted by Crippen LogP contribution is -2.40. The van der Waals surface area contributed by atoms with E-state index in [2.05, 4.69) is 31.4 Å². The quantitative estimate of drug-likeness (QED) is 0.498. The molecule has 0 bridgehead atoms. The molecule has 0 saturated carbocycles. The Morgan fingerprint density at radius 2 is 2.10 bits per heavy atom. The highest BCUT2D eigenvalue weighted by Crippen LogP contribution is 2.34. The second kappa shape index (κ2) is 8.24. The van der Waals surface area contributed by atoms with Crippen molar-refractivity contribution in [3.05, 3.63) is 39.0 Å². The fourth-order valence-electron chi connectivity index (χ4n) is 3.11. The number of hydrogen-bond donors (Lipinski definition) is 0. The molecule has 160 valence electrons. The van der Waals surface area contributed by atoms with Crippen LogP contribution in [0.1, 0.15) is 12.8 Å². The maximum atomic E-state index is 13.6. The monoisotopic (exact) mass is 519 g/mol. The molecule has 0 radical (unpaired) electrons. The summed E-state index contributed by atoms with van der Waals surface area (Å²) in [7, 11) is -3.29. The van der Waals surface area contributed by atoms with Gasteiger partial charge in [0, 0.05) is 18.3 Å². The van der Waals surface area contributed by atoms with Crippen molar-refractivity contribution in [3.63, 3.8) is 0 Å². The van der Waals surface area contributed by atoms with Gasteiger partial charge < -0.3 is 0 Å². The van der Waals surface area contributed by atoms with E-state index in [9.17, 15) is 17.6 Å². The normalized spacial score (nSPS) is 18.0. The summed E-state index contributed by atoms with van der Waals surface area (Å²) in [5, 5.41) is 11.8. The molecule has 14 heteroatoms.